The van der Waals surface area contributed by atoms with Crippen LogP contribution in [0.3, 0.4) is 0 Å². The fraction of sp³-hybridized carbons (Fsp3) is 0.706. The van der Waals surface area contributed by atoms with Crippen molar-refractivity contribution in [3.8, 4) is 0 Å². The molecule has 3 nitrogen and oxygen atoms in total. The summed E-state index contributed by atoms with van der Waals surface area (Å²) in [5, 5.41) is 5.82. The Bertz CT molecular complexity index is 523. The van der Waals surface area contributed by atoms with Crippen LogP contribution in [0.15, 0.2) is 17.8 Å². The predicted octanol–water partition coefficient (Wildman–Crippen LogP) is 4.13. The Hall–Kier alpha value is -0.870. The van der Waals surface area contributed by atoms with Crippen LogP contribution in [0.2, 0.25) is 0 Å². The topological polar surface area (TPSA) is 29.3 Å². The zero-order chi connectivity index (χ0) is 14.7. The molecular formula is C17H27N3S. The van der Waals surface area contributed by atoms with E-state index in [0.29, 0.717) is 6.04 Å². The number of aromatic nitrogens is 2. The molecule has 1 aliphatic rings. The van der Waals surface area contributed by atoms with Gasteiger partial charge in [-0.1, -0.05) is 33.1 Å². The second-order valence-corrected chi connectivity index (χ2v) is 7.26. The zero-order valence-corrected chi connectivity index (χ0v) is 14.0. The predicted molar refractivity (Wildman–Crippen MR) is 90.0 cm³/mol. The smallest absolute Gasteiger partial charge is 0.193 e. The molecular weight excluding hydrogens is 278 g/mol. The van der Waals surface area contributed by atoms with Gasteiger partial charge in [0.15, 0.2) is 4.96 Å². The quantitative estimate of drug-likeness (QED) is 0.869. The van der Waals surface area contributed by atoms with Crippen molar-refractivity contribution >= 4 is 16.3 Å². The lowest BCUT2D eigenvalue weighted by atomic mass is 9.76. The monoisotopic (exact) mass is 305 g/mol. The molecule has 1 saturated carbocycles. The molecule has 1 atom stereocenters. The van der Waals surface area contributed by atoms with Crippen LogP contribution in [-0.2, 0) is 6.42 Å². The fourth-order valence-electron chi connectivity index (χ4n) is 3.77. The van der Waals surface area contributed by atoms with Gasteiger partial charge in [0.05, 0.1) is 5.69 Å². The number of thiazole rings is 1. The van der Waals surface area contributed by atoms with Crippen molar-refractivity contribution in [2.24, 2.45) is 11.8 Å². The molecule has 1 unspecified atom stereocenters. The van der Waals surface area contributed by atoms with Gasteiger partial charge in [-0.3, -0.25) is 4.40 Å². The summed E-state index contributed by atoms with van der Waals surface area (Å²) in [6.07, 6.45) is 12.3. The van der Waals surface area contributed by atoms with Crippen LogP contribution in [0.5, 0.6) is 0 Å². The number of hydrogen-bond donors (Lipinski definition) is 1. The lowest BCUT2D eigenvalue weighted by Gasteiger charge is -2.34. The average Bonchev–Trinajstić information content (AvgIpc) is 3.08. The first-order valence-corrected chi connectivity index (χ1v) is 9.32. The first-order valence-electron chi connectivity index (χ1n) is 8.44. The van der Waals surface area contributed by atoms with Crippen molar-refractivity contribution in [1.29, 1.82) is 0 Å². The molecule has 0 aromatic carbocycles. The van der Waals surface area contributed by atoms with E-state index in [1.54, 1.807) is 11.3 Å². The molecule has 1 aliphatic carbocycles. The highest BCUT2D eigenvalue weighted by atomic mass is 32.1. The van der Waals surface area contributed by atoms with Crippen LogP contribution >= 0.6 is 11.3 Å². The molecule has 1 fully saturated rings. The minimum Gasteiger partial charge on any atom is -0.314 e. The number of rotatable bonds is 6. The van der Waals surface area contributed by atoms with E-state index >= 15 is 0 Å². The maximum absolute atomic E-state index is 4.76. The van der Waals surface area contributed by atoms with E-state index in [0.717, 1.165) is 29.8 Å². The highest BCUT2D eigenvalue weighted by Crippen LogP contribution is 2.33. The molecule has 116 valence electrons. The normalized spacial score (nSPS) is 24.5. The third-order valence-electron chi connectivity index (χ3n) is 5.08. The van der Waals surface area contributed by atoms with Crippen molar-refractivity contribution < 1.29 is 0 Å². The summed E-state index contributed by atoms with van der Waals surface area (Å²) in [4.78, 5) is 5.88. The van der Waals surface area contributed by atoms with Gasteiger partial charge < -0.3 is 5.32 Å². The van der Waals surface area contributed by atoms with Crippen molar-refractivity contribution in [1.82, 2.24) is 14.7 Å². The average molecular weight is 305 g/mol. The minimum absolute atomic E-state index is 0.595. The Morgan fingerprint density at radius 2 is 2.14 bits per heavy atom. The Morgan fingerprint density at radius 3 is 2.81 bits per heavy atom. The summed E-state index contributed by atoms with van der Waals surface area (Å²) < 4.78 is 2.15. The first kappa shape index (κ1) is 15.0. The number of imidazole rings is 1. The maximum atomic E-state index is 4.76. The van der Waals surface area contributed by atoms with Crippen molar-refractivity contribution in [3.63, 3.8) is 0 Å². The molecule has 2 aromatic rings. The van der Waals surface area contributed by atoms with Gasteiger partial charge in [-0.05, 0) is 31.2 Å². The van der Waals surface area contributed by atoms with Crippen LogP contribution in [0.1, 0.15) is 51.6 Å². The van der Waals surface area contributed by atoms with Crippen molar-refractivity contribution in [3.05, 3.63) is 23.5 Å². The third-order valence-corrected chi connectivity index (χ3v) is 5.85. The maximum Gasteiger partial charge on any atom is 0.193 e. The summed E-state index contributed by atoms with van der Waals surface area (Å²) in [6.45, 7) is 5.61. The van der Waals surface area contributed by atoms with Gasteiger partial charge in [0.25, 0.3) is 0 Å². The second kappa shape index (κ2) is 6.93. The molecule has 0 amide bonds. The molecule has 0 radical (unpaired) electrons. The summed E-state index contributed by atoms with van der Waals surface area (Å²) in [5.74, 6) is 1.80. The van der Waals surface area contributed by atoms with Crippen molar-refractivity contribution in [2.75, 3.05) is 6.54 Å². The number of fused-ring (bicyclic) bond motifs is 1. The van der Waals surface area contributed by atoms with E-state index < -0.39 is 0 Å². The number of nitrogens with one attached hydrogen (secondary N) is 1. The molecule has 3 rings (SSSR count). The molecule has 0 saturated heterocycles. The summed E-state index contributed by atoms with van der Waals surface area (Å²) in [5.41, 5.74) is 1.24. The Labute approximate surface area is 131 Å². The van der Waals surface area contributed by atoms with Crippen LogP contribution in [0.25, 0.3) is 4.96 Å². The largest absolute Gasteiger partial charge is 0.314 e. The summed E-state index contributed by atoms with van der Waals surface area (Å²) in [6, 6.07) is 0.595. The van der Waals surface area contributed by atoms with Gasteiger partial charge in [0, 0.05) is 30.2 Å². The van der Waals surface area contributed by atoms with Crippen LogP contribution in [0, 0.1) is 11.8 Å². The SMILES string of the molecule is CCNC(Cc1cn2ccsc2n1)C1CCC(CC)CC1. The van der Waals surface area contributed by atoms with E-state index in [1.165, 1.54) is 37.8 Å². The molecule has 0 spiro atoms. The molecule has 2 aromatic heterocycles. The van der Waals surface area contributed by atoms with Gasteiger partial charge in [-0.15, -0.1) is 11.3 Å². The molecule has 1 N–H and O–H groups in total. The van der Waals surface area contributed by atoms with E-state index in [2.05, 4.69) is 41.3 Å². The highest BCUT2D eigenvalue weighted by molar-refractivity contribution is 7.15. The highest BCUT2D eigenvalue weighted by Gasteiger charge is 2.27. The number of likely N-dealkylation sites (N-methyl/N-ethyl adjacent to an activating group) is 1. The Kier molecular flexibility index (Phi) is 4.96. The van der Waals surface area contributed by atoms with Gasteiger partial charge in [0.1, 0.15) is 0 Å². The molecule has 4 heteroatoms. The van der Waals surface area contributed by atoms with E-state index in [1.807, 2.05) is 0 Å². The van der Waals surface area contributed by atoms with Gasteiger partial charge in [-0.25, -0.2) is 4.98 Å². The van der Waals surface area contributed by atoms with Crippen LogP contribution in [0.4, 0.5) is 0 Å². The van der Waals surface area contributed by atoms with E-state index in [-0.39, 0.29) is 0 Å². The molecule has 21 heavy (non-hydrogen) atoms. The Balaban J connectivity index is 1.65. The van der Waals surface area contributed by atoms with E-state index in [4.69, 9.17) is 4.98 Å². The van der Waals surface area contributed by atoms with Crippen LogP contribution in [-0.4, -0.2) is 22.0 Å². The molecule has 0 aliphatic heterocycles. The fourth-order valence-corrected chi connectivity index (χ4v) is 4.49. The first-order chi connectivity index (χ1) is 10.3. The summed E-state index contributed by atoms with van der Waals surface area (Å²) >= 11 is 1.72. The van der Waals surface area contributed by atoms with E-state index in [9.17, 15) is 0 Å². The Morgan fingerprint density at radius 1 is 1.33 bits per heavy atom. The summed E-state index contributed by atoms with van der Waals surface area (Å²) in [7, 11) is 0. The number of hydrogen-bond acceptors (Lipinski definition) is 3. The lowest BCUT2D eigenvalue weighted by Crippen LogP contribution is -2.39. The minimum atomic E-state index is 0.595. The van der Waals surface area contributed by atoms with Crippen molar-refractivity contribution in [2.45, 2.75) is 58.4 Å². The molecule has 2 heterocycles. The van der Waals surface area contributed by atoms with Crippen LogP contribution < -0.4 is 5.32 Å². The lowest BCUT2D eigenvalue weighted by molar-refractivity contribution is 0.217. The standard InChI is InChI=1S/C17H27N3S/c1-3-13-5-7-14(8-6-13)16(18-4-2)11-15-12-20-9-10-21-17(20)19-15/h9-10,12-14,16,18H,3-8,11H2,1-2H3. The van der Waals surface area contributed by atoms with Gasteiger partial charge in [-0.2, -0.15) is 0 Å². The third kappa shape index (κ3) is 3.49. The van der Waals surface area contributed by atoms with Gasteiger partial charge in [0.2, 0.25) is 0 Å². The number of nitrogens with zero attached hydrogens (tertiary/aromatic N) is 2. The second-order valence-electron chi connectivity index (χ2n) is 6.38. The molecule has 0 bridgehead atoms. The van der Waals surface area contributed by atoms with Gasteiger partial charge >= 0.3 is 0 Å². The zero-order valence-electron chi connectivity index (χ0n) is 13.2.